The number of carbonyl (C=O) groups is 1. The number of ether oxygens (including phenoxy) is 1. The van der Waals surface area contributed by atoms with Gasteiger partial charge in [-0.05, 0) is 19.3 Å². The monoisotopic (exact) mass is 309 g/mol. The number of halogens is 1. The van der Waals surface area contributed by atoms with E-state index in [1.807, 2.05) is 0 Å². The molecule has 0 aliphatic carbocycles. The van der Waals surface area contributed by atoms with E-state index in [0.29, 0.717) is 23.6 Å². The highest BCUT2D eigenvalue weighted by molar-refractivity contribution is 7.99. The van der Waals surface area contributed by atoms with Crippen molar-refractivity contribution >= 4 is 30.1 Å². The highest BCUT2D eigenvalue weighted by atomic mass is 35.5. The Morgan fingerprint density at radius 1 is 1.47 bits per heavy atom. The van der Waals surface area contributed by atoms with Gasteiger partial charge in [-0.15, -0.1) is 22.6 Å². The van der Waals surface area contributed by atoms with Crippen molar-refractivity contribution in [2.75, 3.05) is 12.4 Å². The maximum Gasteiger partial charge on any atom is 0.316 e. The minimum Gasteiger partial charge on any atom is -0.465 e. The Kier molecular flexibility index (Phi) is 8.79. The van der Waals surface area contributed by atoms with Crippen LogP contribution in [0.4, 0.5) is 0 Å². The smallest absolute Gasteiger partial charge is 0.316 e. The van der Waals surface area contributed by atoms with Crippen molar-refractivity contribution in [3.63, 3.8) is 0 Å². The standard InChI is InChI=1S/C11H19N3O3S.ClH/c1-4-16-9(15)6-18-11-14-13-10(17-11)8(12)5-7(2)3;/h7-8H,4-6,12H2,1-3H3;1H. The normalized spacial score (nSPS) is 12.1. The molecule has 0 amide bonds. The highest BCUT2D eigenvalue weighted by Gasteiger charge is 2.16. The molecule has 1 unspecified atom stereocenters. The van der Waals surface area contributed by atoms with Gasteiger partial charge in [-0.2, -0.15) is 0 Å². The molecule has 6 nitrogen and oxygen atoms in total. The van der Waals surface area contributed by atoms with Crippen LogP contribution in [-0.4, -0.2) is 28.5 Å². The van der Waals surface area contributed by atoms with Gasteiger partial charge in [0.1, 0.15) is 5.75 Å². The predicted molar refractivity (Wildman–Crippen MR) is 75.3 cm³/mol. The molecule has 0 saturated heterocycles. The van der Waals surface area contributed by atoms with E-state index in [4.69, 9.17) is 14.9 Å². The minimum absolute atomic E-state index is 0. The first-order valence-electron chi connectivity index (χ1n) is 5.90. The SMILES string of the molecule is CCOC(=O)CSc1nnc(C(N)CC(C)C)o1.Cl. The van der Waals surface area contributed by atoms with Crippen molar-refractivity contribution in [2.45, 2.75) is 38.5 Å². The summed E-state index contributed by atoms with van der Waals surface area (Å²) in [5, 5.41) is 8.06. The Hall–Kier alpha value is -0.790. The summed E-state index contributed by atoms with van der Waals surface area (Å²) in [6.45, 7) is 6.28. The Morgan fingerprint density at radius 2 is 2.16 bits per heavy atom. The van der Waals surface area contributed by atoms with Crippen molar-refractivity contribution < 1.29 is 13.9 Å². The van der Waals surface area contributed by atoms with E-state index in [0.717, 1.165) is 18.2 Å². The summed E-state index contributed by atoms with van der Waals surface area (Å²) in [6.07, 6.45) is 0.782. The van der Waals surface area contributed by atoms with Gasteiger partial charge in [0.15, 0.2) is 0 Å². The molecular formula is C11H20ClN3O3S. The third-order valence-corrected chi connectivity index (χ3v) is 2.88. The lowest BCUT2D eigenvalue weighted by Crippen LogP contribution is -2.13. The highest BCUT2D eigenvalue weighted by Crippen LogP contribution is 2.22. The van der Waals surface area contributed by atoms with Crippen molar-refractivity contribution in [3.05, 3.63) is 5.89 Å². The topological polar surface area (TPSA) is 91.2 Å². The van der Waals surface area contributed by atoms with Crippen LogP contribution in [0.3, 0.4) is 0 Å². The van der Waals surface area contributed by atoms with E-state index in [-0.39, 0.29) is 30.2 Å². The Morgan fingerprint density at radius 3 is 2.74 bits per heavy atom. The van der Waals surface area contributed by atoms with Gasteiger partial charge in [0.05, 0.1) is 12.6 Å². The van der Waals surface area contributed by atoms with E-state index in [1.54, 1.807) is 6.92 Å². The van der Waals surface area contributed by atoms with E-state index in [1.165, 1.54) is 0 Å². The molecule has 1 rings (SSSR count). The first-order chi connectivity index (χ1) is 8.52. The van der Waals surface area contributed by atoms with Gasteiger partial charge in [-0.1, -0.05) is 25.6 Å². The molecule has 1 atom stereocenters. The fourth-order valence-corrected chi connectivity index (χ4v) is 1.93. The summed E-state index contributed by atoms with van der Waals surface area (Å²) in [6, 6.07) is -0.255. The number of aromatic nitrogens is 2. The van der Waals surface area contributed by atoms with Gasteiger partial charge in [0, 0.05) is 0 Å². The number of nitrogens with zero attached hydrogens (tertiary/aromatic N) is 2. The first kappa shape index (κ1) is 18.2. The van der Waals surface area contributed by atoms with Crippen LogP contribution < -0.4 is 5.73 Å². The lowest BCUT2D eigenvalue weighted by molar-refractivity contribution is -0.139. The number of nitrogens with two attached hydrogens (primary N) is 1. The number of esters is 1. The average molecular weight is 310 g/mol. The second-order valence-electron chi connectivity index (χ2n) is 4.24. The zero-order valence-electron chi connectivity index (χ0n) is 11.3. The number of carbonyl (C=O) groups excluding carboxylic acids is 1. The second-order valence-corrected chi connectivity index (χ2v) is 5.16. The third kappa shape index (κ3) is 6.79. The van der Waals surface area contributed by atoms with Crippen LogP contribution in [0.5, 0.6) is 0 Å². The van der Waals surface area contributed by atoms with Gasteiger partial charge in [-0.3, -0.25) is 4.79 Å². The van der Waals surface area contributed by atoms with Crippen molar-refractivity contribution in [1.82, 2.24) is 10.2 Å². The second kappa shape index (κ2) is 9.17. The van der Waals surface area contributed by atoms with Crippen LogP contribution in [0.25, 0.3) is 0 Å². The molecule has 0 aliphatic rings. The molecule has 0 aliphatic heterocycles. The van der Waals surface area contributed by atoms with Gasteiger partial charge >= 0.3 is 5.97 Å². The molecule has 0 spiro atoms. The lowest BCUT2D eigenvalue weighted by Gasteiger charge is -2.08. The van der Waals surface area contributed by atoms with Crippen LogP contribution >= 0.6 is 24.2 Å². The summed E-state index contributed by atoms with van der Waals surface area (Å²) in [5.74, 6) is 0.737. The summed E-state index contributed by atoms with van der Waals surface area (Å²) >= 11 is 1.16. The van der Waals surface area contributed by atoms with Gasteiger partial charge in [0.2, 0.25) is 5.89 Å². The maximum atomic E-state index is 11.1. The van der Waals surface area contributed by atoms with Crippen molar-refractivity contribution in [2.24, 2.45) is 11.7 Å². The fraction of sp³-hybridized carbons (Fsp3) is 0.727. The molecular weight excluding hydrogens is 290 g/mol. The third-order valence-electron chi connectivity index (χ3n) is 2.08. The largest absolute Gasteiger partial charge is 0.465 e. The minimum atomic E-state index is -0.297. The van der Waals surface area contributed by atoms with Crippen molar-refractivity contribution in [1.29, 1.82) is 0 Å². The zero-order chi connectivity index (χ0) is 13.5. The van der Waals surface area contributed by atoms with E-state index >= 15 is 0 Å². The molecule has 0 aromatic carbocycles. The van der Waals surface area contributed by atoms with E-state index in [2.05, 4.69) is 24.0 Å². The van der Waals surface area contributed by atoms with Gasteiger partial charge < -0.3 is 14.9 Å². The molecule has 2 N–H and O–H groups in total. The van der Waals surface area contributed by atoms with Crippen LogP contribution in [-0.2, 0) is 9.53 Å². The van der Waals surface area contributed by atoms with E-state index < -0.39 is 0 Å². The van der Waals surface area contributed by atoms with Gasteiger partial charge in [0.25, 0.3) is 5.22 Å². The Bertz CT molecular complexity index is 387. The summed E-state index contributed by atoms with van der Waals surface area (Å²) in [7, 11) is 0. The summed E-state index contributed by atoms with van der Waals surface area (Å²) < 4.78 is 10.2. The molecule has 110 valence electrons. The molecule has 0 saturated carbocycles. The number of thioether (sulfide) groups is 1. The van der Waals surface area contributed by atoms with Gasteiger partial charge in [-0.25, -0.2) is 0 Å². The summed E-state index contributed by atoms with van der Waals surface area (Å²) in [5.41, 5.74) is 5.92. The zero-order valence-corrected chi connectivity index (χ0v) is 12.9. The number of rotatable bonds is 7. The number of hydrogen-bond donors (Lipinski definition) is 1. The quantitative estimate of drug-likeness (QED) is 0.609. The fourth-order valence-electron chi connectivity index (χ4n) is 1.36. The number of hydrogen-bond acceptors (Lipinski definition) is 7. The Balaban J connectivity index is 0.00000324. The molecule has 0 fully saturated rings. The average Bonchev–Trinajstić information content (AvgIpc) is 2.74. The van der Waals surface area contributed by atoms with Crippen LogP contribution in [0, 0.1) is 5.92 Å². The van der Waals surface area contributed by atoms with Crippen LogP contribution in [0.15, 0.2) is 9.64 Å². The molecule has 1 aromatic rings. The molecule has 8 heteroatoms. The van der Waals surface area contributed by atoms with Crippen LogP contribution in [0.2, 0.25) is 0 Å². The van der Waals surface area contributed by atoms with Crippen molar-refractivity contribution in [3.8, 4) is 0 Å². The Labute approximate surface area is 123 Å². The predicted octanol–water partition coefficient (Wildman–Crippen LogP) is 2.19. The lowest BCUT2D eigenvalue weighted by atomic mass is 10.1. The van der Waals surface area contributed by atoms with E-state index in [9.17, 15) is 4.79 Å². The van der Waals surface area contributed by atoms with Crippen LogP contribution in [0.1, 0.15) is 39.1 Å². The molecule has 1 aromatic heterocycles. The maximum absolute atomic E-state index is 11.1. The summed E-state index contributed by atoms with van der Waals surface area (Å²) in [4.78, 5) is 11.1. The molecule has 19 heavy (non-hydrogen) atoms. The molecule has 0 bridgehead atoms. The first-order valence-corrected chi connectivity index (χ1v) is 6.88. The molecule has 0 radical (unpaired) electrons. The molecule has 1 heterocycles.